The predicted octanol–water partition coefficient (Wildman–Crippen LogP) is 2.69. The van der Waals surface area contributed by atoms with Crippen molar-refractivity contribution in [3.63, 3.8) is 0 Å². The molecule has 0 aromatic rings. The smallest absolute Gasteiger partial charge is 0.303 e. The lowest BCUT2D eigenvalue weighted by atomic mass is 9.84. The van der Waals surface area contributed by atoms with Crippen molar-refractivity contribution in [2.45, 2.75) is 45.4 Å². The van der Waals surface area contributed by atoms with Crippen LogP contribution in [0.25, 0.3) is 0 Å². The first-order valence-corrected chi connectivity index (χ1v) is 7.72. The number of likely N-dealkylation sites (tertiary alicyclic amines) is 1. The van der Waals surface area contributed by atoms with Crippen LogP contribution in [0.2, 0.25) is 0 Å². The molecular formula is C16H25NO3. The molecule has 1 saturated heterocycles. The summed E-state index contributed by atoms with van der Waals surface area (Å²) in [4.78, 5) is 25.1. The Morgan fingerprint density at radius 1 is 1.40 bits per heavy atom. The fourth-order valence-corrected chi connectivity index (χ4v) is 3.36. The van der Waals surface area contributed by atoms with E-state index in [1.807, 2.05) is 11.8 Å². The van der Waals surface area contributed by atoms with E-state index in [1.165, 1.54) is 0 Å². The van der Waals surface area contributed by atoms with Gasteiger partial charge in [0.25, 0.3) is 0 Å². The van der Waals surface area contributed by atoms with E-state index in [1.54, 1.807) is 0 Å². The van der Waals surface area contributed by atoms with E-state index in [2.05, 4.69) is 12.2 Å². The van der Waals surface area contributed by atoms with E-state index in [0.29, 0.717) is 18.3 Å². The summed E-state index contributed by atoms with van der Waals surface area (Å²) in [6, 6.07) is 0. The van der Waals surface area contributed by atoms with Crippen LogP contribution in [0.4, 0.5) is 0 Å². The van der Waals surface area contributed by atoms with Crippen LogP contribution in [0.1, 0.15) is 45.4 Å². The normalized spacial score (nSPS) is 27.6. The highest BCUT2D eigenvalue weighted by Gasteiger charge is 2.29. The lowest BCUT2D eigenvalue weighted by Crippen LogP contribution is -2.42. The molecule has 2 aliphatic rings. The second-order valence-corrected chi connectivity index (χ2v) is 6.29. The maximum absolute atomic E-state index is 12.3. The fraction of sp³-hybridized carbons (Fsp3) is 0.750. The van der Waals surface area contributed by atoms with Crippen LogP contribution in [0.15, 0.2) is 12.2 Å². The first kappa shape index (κ1) is 15.1. The van der Waals surface area contributed by atoms with E-state index >= 15 is 0 Å². The zero-order valence-electron chi connectivity index (χ0n) is 12.3. The molecule has 4 heteroatoms. The molecule has 1 fully saturated rings. The zero-order valence-corrected chi connectivity index (χ0v) is 12.3. The Hall–Kier alpha value is -1.32. The number of aliphatic carboxylic acids is 1. The van der Waals surface area contributed by atoms with Gasteiger partial charge in [-0.2, -0.15) is 0 Å². The molecule has 20 heavy (non-hydrogen) atoms. The molecule has 0 saturated carbocycles. The minimum absolute atomic E-state index is 0.148. The Bertz CT molecular complexity index is 391. The highest BCUT2D eigenvalue weighted by molar-refractivity contribution is 5.76. The number of nitrogens with zero attached hydrogens (tertiary/aromatic N) is 1. The molecule has 2 rings (SSSR count). The summed E-state index contributed by atoms with van der Waals surface area (Å²) >= 11 is 0. The first-order chi connectivity index (χ1) is 9.56. The second kappa shape index (κ2) is 6.91. The predicted molar refractivity (Wildman–Crippen MR) is 77.2 cm³/mol. The molecule has 1 aliphatic heterocycles. The quantitative estimate of drug-likeness (QED) is 0.787. The standard InChI is InChI=1S/C16H25NO3/c1-12(9-16(19)20)14-7-4-8-17(11-14)15(18)10-13-5-2-3-6-13/h2,5,12-14H,3-4,6-11H2,1H3,(H,19,20). The van der Waals surface area contributed by atoms with Crippen molar-refractivity contribution in [3.05, 3.63) is 12.2 Å². The Balaban J connectivity index is 1.84. The van der Waals surface area contributed by atoms with Crippen molar-refractivity contribution in [1.29, 1.82) is 0 Å². The van der Waals surface area contributed by atoms with E-state index in [4.69, 9.17) is 5.11 Å². The number of carboxylic acids is 1. The number of allylic oxidation sites excluding steroid dienone is 2. The minimum Gasteiger partial charge on any atom is -0.481 e. The molecule has 112 valence electrons. The largest absolute Gasteiger partial charge is 0.481 e. The van der Waals surface area contributed by atoms with Crippen molar-refractivity contribution in [2.75, 3.05) is 13.1 Å². The number of carbonyl (C=O) groups excluding carboxylic acids is 1. The Morgan fingerprint density at radius 2 is 2.20 bits per heavy atom. The lowest BCUT2D eigenvalue weighted by Gasteiger charge is -2.36. The highest BCUT2D eigenvalue weighted by atomic mass is 16.4. The zero-order chi connectivity index (χ0) is 14.5. The molecule has 0 radical (unpaired) electrons. The van der Waals surface area contributed by atoms with E-state index < -0.39 is 5.97 Å². The van der Waals surface area contributed by atoms with E-state index in [-0.39, 0.29) is 18.2 Å². The molecule has 1 amide bonds. The number of hydrogen-bond acceptors (Lipinski definition) is 2. The average Bonchev–Trinajstić information content (AvgIpc) is 2.91. The number of carbonyl (C=O) groups is 2. The van der Waals surface area contributed by atoms with Gasteiger partial charge in [-0.15, -0.1) is 0 Å². The lowest BCUT2D eigenvalue weighted by molar-refractivity contribution is -0.138. The van der Waals surface area contributed by atoms with Crippen molar-refractivity contribution in [1.82, 2.24) is 4.90 Å². The number of amides is 1. The van der Waals surface area contributed by atoms with Gasteiger partial charge in [0.15, 0.2) is 0 Å². The topological polar surface area (TPSA) is 57.6 Å². The van der Waals surface area contributed by atoms with Gasteiger partial charge in [0.05, 0.1) is 0 Å². The Labute approximate surface area is 120 Å². The number of carboxylic acid groups (broad SMARTS) is 1. The molecule has 0 aromatic heterocycles. The summed E-state index contributed by atoms with van der Waals surface area (Å²) < 4.78 is 0. The van der Waals surface area contributed by atoms with Gasteiger partial charge in [-0.1, -0.05) is 19.1 Å². The molecule has 0 spiro atoms. The SMILES string of the molecule is CC(CC(=O)O)C1CCCN(C(=O)CC2C=CCC2)C1. The molecule has 0 aromatic carbocycles. The van der Waals surface area contributed by atoms with Crippen LogP contribution in [0.5, 0.6) is 0 Å². The van der Waals surface area contributed by atoms with Gasteiger partial charge in [0.1, 0.15) is 0 Å². The van der Waals surface area contributed by atoms with E-state index in [0.717, 1.165) is 38.8 Å². The number of rotatable bonds is 5. The molecule has 3 atom stereocenters. The third-order valence-corrected chi connectivity index (χ3v) is 4.66. The monoisotopic (exact) mass is 279 g/mol. The van der Waals surface area contributed by atoms with Crippen molar-refractivity contribution in [3.8, 4) is 0 Å². The number of hydrogen-bond donors (Lipinski definition) is 1. The molecule has 1 N–H and O–H groups in total. The summed E-state index contributed by atoms with van der Waals surface area (Å²) in [5.74, 6) is 0.405. The summed E-state index contributed by atoms with van der Waals surface area (Å²) in [7, 11) is 0. The van der Waals surface area contributed by atoms with Crippen LogP contribution in [0, 0.1) is 17.8 Å². The van der Waals surface area contributed by atoms with E-state index in [9.17, 15) is 9.59 Å². The Morgan fingerprint density at radius 3 is 2.85 bits per heavy atom. The third-order valence-electron chi connectivity index (χ3n) is 4.66. The highest BCUT2D eigenvalue weighted by Crippen LogP contribution is 2.28. The van der Waals surface area contributed by atoms with Crippen LogP contribution >= 0.6 is 0 Å². The van der Waals surface area contributed by atoms with Gasteiger partial charge in [0.2, 0.25) is 5.91 Å². The maximum Gasteiger partial charge on any atom is 0.303 e. The molecule has 3 unspecified atom stereocenters. The van der Waals surface area contributed by atoms with Crippen LogP contribution in [-0.4, -0.2) is 35.0 Å². The van der Waals surface area contributed by atoms with Gasteiger partial charge < -0.3 is 10.0 Å². The van der Waals surface area contributed by atoms with Gasteiger partial charge in [-0.3, -0.25) is 9.59 Å². The Kier molecular flexibility index (Phi) is 5.21. The summed E-state index contributed by atoms with van der Waals surface area (Å²) in [6.45, 7) is 3.57. The van der Waals surface area contributed by atoms with Gasteiger partial charge in [-0.25, -0.2) is 0 Å². The molecular weight excluding hydrogens is 254 g/mol. The van der Waals surface area contributed by atoms with Crippen LogP contribution in [-0.2, 0) is 9.59 Å². The first-order valence-electron chi connectivity index (χ1n) is 7.72. The van der Waals surface area contributed by atoms with Crippen molar-refractivity contribution < 1.29 is 14.7 Å². The fourth-order valence-electron chi connectivity index (χ4n) is 3.36. The third kappa shape index (κ3) is 4.09. The van der Waals surface area contributed by atoms with Gasteiger partial charge in [0, 0.05) is 25.9 Å². The van der Waals surface area contributed by atoms with Crippen molar-refractivity contribution in [2.24, 2.45) is 17.8 Å². The summed E-state index contributed by atoms with van der Waals surface area (Å²) in [5.41, 5.74) is 0. The van der Waals surface area contributed by atoms with Crippen LogP contribution < -0.4 is 0 Å². The molecule has 1 aliphatic carbocycles. The second-order valence-electron chi connectivity index (χ2n) is 6.29. The molecule has 4 nitrogen and oxygen atoms in total. The maximum atomic E-state index is 12.3. The molecule has 0 bridgehead atoms. The van der Waals surface area contributed by atoms with Crippen molar-refractivity contribution >= 4 is 11.9 Å². The molecule has 1 heterocycles. The summed E-state index contributed by atoms with van der Waals surface area (Å²) in [5, 5.41) is 8.89. The van der Waals surface area contributed by atoms with Crippen LogP contribution in [0.3, 0.4) is 0 Å². The summed E-state index contributed by atoms with van der Waals surface area (Å²) in [6.07, 6.45) is 9.38. The minimum atomic E-state index is -0.739. The average molecular weight is 279 g/mol. The van der Waals surface area contributed by atoms with Gasteiger partial charge >= 0.3 is 5.97 Å². The number of piperidine rings is 1. The van der Waals surface area contributed by atoms with Gasteiger partial charge in [-0.05, 0) is 43.4 Å².